The highest BCUT2D eigenvalue weighted by Crippen LogP contribution is 2.23. The van der Waals surface area contributed by atoms with Crippen LogP contribution in [-0.2, 0) is 19.4 Å². The van der Waals surface area contributed by atoms with Gasteiger partial charge in [0.05, 0.1) is 5.69 Å². The van der Waals surface area contributed by atoms with Gasteiger partial charge in [0.1, 0.15) is 11.6 Å². The van der Waals surface area contributed by atoms with Crippen LogP contribution in [0.2, 0.25) is 0 Å². The molecule has 0 radical (unpaired) electrons. The number of hydrogen-bond donors (Lipinski definition) is 1. The van der Waals surface area contributed by atoms with Crippen LogP contribution in [0.3, 0.4) is 0 Å². The molecule has 100 valence electrons. The molecule has 1 aliphatic carbocycles. The largest absolute Gasteiger partial charge is 0.399 e. The number of aryl methyl sites for hydroxylation is 2. The Morgan fingerprint density at radius 1 is 1.26 bits per heavy atom. The van der Waals surface area contributed by atoms with Gasteiger partial charge in [-0.3, -0.25) is 0 Å². The number of nitrogens with zero attached hydrogens (tertiary/aromatic N) is 2. The molecule has 0 fully saturated rings. The topological polar surface area (TPSA) is 43.8 Å². The molecule has 1 aromatic heterocycles. The predicted octanol–water partition coefficient (Wildman–Crippen LogP) is 2.84. The Hall–Kier alpha value is -1.84. The van der Waals surface area contributed by atoms with Crippen molar-refractivity contribution in [3.8, 4) is 0 Å². The van der Waals surface area contributed by atoms with E-state index in [1.54, 1.807) is 6.07 Å². The maximum absolute atomic E-state index is 13.4. The van der Waals surface area contributed by atoms with Crippen LogP contribution in [0.4, 0.5) is 10.1 Å². The standard InChI is InChI=1S/C15H18FN3/c1-10-18-14-4-2-3-5-15(14)19(10)9-11-6-12(16)8-13(17)7-11/h6-8H,2-5,9,17H2,1H3. The van der Waals surface area contributed by atoms with Gasteiger partial charge in [-0.05, 0) is 56.4 Å². The van der Waals surface area contributed by atoms with Gasteiger partial charge < -0.3 is 10.3 Å². The number of nitrogens with two attached hydrogens (primary N) is 1. The van der Waals surface area contributed by atoms with Crippen LogP contribution >= 0.6 is 0 Å². The molecule has 0 atom stereocenters. The predicted molar refractivity (Wildman–Crippen MR) is 73.5 cm³/mol. The Kier molecular flexibility index (Phi) is 3.01. The average Bonchev–Trinajstić information content (AvgIpc) is 2.65. The van der Waals surface area contributed by atoms with E-state index >= 15 is 0 Å². The molecule has 0 saturated heterocycles. The molecular weight excluding hydrogens is 241 g/mol. The molecule has 0 bridgehead atoms. The van der Waals surface area contributed by atoms with E-state index in [1.807, 2.05) is 13.0 Å². The summed E-state index contributed by atoms with van der Waals surface area (Å²) in [6.45, 7) is 2.66. The van der Waals surface area contributed by atoms with E-state index in [-0.39, 0.29) is 5.82 Å². The van der Waals surface area contributed by atoms with Crippen LogP contribution in [0.5, 0.6) is 0 Å². The Bertz CT molecular complexity index is 596. The third-order valence-corrected chi connectivity index (χ3v) is 3.74. The summed E-state index contributed by atoms with van der Waals surface area (Å²) >= 11 is 0. The molecule has 1 aromatic carbocycles. The first-order valence-corrected chi connectivity index (χ1v) is 6.73. The summed E-state index contributed by atoms with van der Waals surface area (Å²) in [6, 6.07) is 4.72. The van der Waals surface area contributed by atoms with Crippen molar-refractivity contribution in [2.45, 2.75) is 39.2 Å². The minimum atomic E-state index is -0.276. The van der Waals surface area contributed by atoms with Gasteiger partial charge in [-0.2, -0.15) is 0 Å². The maximum Gasteiger partial charge on any atom is 0.125 e. The van der Waals surface area contributed by atoms with Crippen molar-refractivity contribution in [2.75, 3.05) is 5.73 Å². The van der Waals surface area contributed by atoms with Crippen molar-refractivity contribution in [3.05, 3.63) is 46.8 Å². The lowest BCUT2D eigenvalue weighted by Crippen LogP contribution is -2.10. The van der Waals surface area contributed by atoms with Gasteiger partial charge in [0, 0.05) is 17.9 Å². The molecule has 19 heavy (non-hydrogen) atoms. The molecule has 1 aliphatic rings. The zero-order valence-corrected chi connectivity index (χ0v) is 11.1. The third-order valence-electron chi connectivity index (χ3n) is 3.74. The van der Waals surface area contributed by atoms with Gasteiger partial charge in [0.2, 0.25) is 0 Å². The number of anilines is 1. The second-order valence-electron chi connectivity index (χ2n) is 5.24. The van der Waals surface area contributed by atoms with Gasteiger partial charge in [-0.15, -0.1) is 0 Å². The Balaban J connectivity index is 1.96. The first kappa shape index (κ1) is 12.2. The second-order valence-corrected chi connectivity index (χ2v) is 5.24. The van der Waals surface area contributed by atoms with Crippen molar-refractivity contribution < 1.29 is 4.39 Å². The second kappa shape index (κ2) is 4.68. The summed E-state index contributed by atoms with van der Waals surface area (Å²) in [5.74, 6) is 0.733. The Morgan fingerprint density at radius 2 is 2.05 bits per heavy atom. The van der Waals surface area contributed by atoms with E-state index < -0.39 is 0 Å². The van der Waals surface area contributed by atoms with Crippen molar-refractivity contribution in [1.82, 2.24) is 9.55 Å². The molecule has 0 saturated carbocycles. The number of nitrogen functional groups attached to an aromatic ring is 1. The SMILES string of the molecule is Cc1nc2c(n1Cc1cc(N)cc(F)c1)CCCC2. The summed E-state index contributed by atoms with van der Waals surface area (Å²) < 4.78 is 15.6. The molecule has 3 rings (SSSR count). The molecule has 2 aromatic rings. The lowest BCUT2D eigenvalue weighted by Gasteiger charge is -2.15. The highest BCUT2D eigenvalue weighted by molar-refractivity contribution is 5.41. The molecule has 2 N–H and O–H groups in total. The van der Waals surface area contributed by atoms with Crippen LogP contribution in [0.25, 0.3) is 0 Å². The lowest BCUT2D eigenvalue weighted by molar-refractivity contribution is 0.612. The van der Waals surface area contributed by atoms with Gasteiger partial charge in [-0.1, -0.05) is 0 Å². The van der Waals surface area contributed by atoms with Crippen molar-refractivity contribution in [2.24, 2.45) is 0 Å². The molecular formula is C15H18FN3. The number of halogens is 1. The van der Waals surface area contributed by atoms with E-state index in [0.29, 0.717) is 12.2 Å². The zero-order valence-electron chi connectivity index (χ0n) is 11.1. The van der Waals surface area contributed by atoms with E-state index in [1.165, 1.54) is 30.3 Å². The van der Waals surface area contributed by atoms with Gasteiger partial charge in [-0.25, -0.2) is 9.37 Å². The molecule has 0 unspecified atom stereocenters. The van der Waals surface area contributed by atoms with E-state index in [4.69, 9.17) is 5.73 Å². The van der Waals surface area contributed by atoms with Gasteiger partial charge in [0.15, 0.2) is 0 Å². The number of fused-ring (bicyclic) bond motifs is 1. The van der Waals surface area contributed by atoms with Crippen LogP contribution in [0, 0.1) is 12.7 Å². The van der Waals surface area contributed by atoms with E-state index in [0.717, 1.165) is 24.2 Å². The smallest absolute Gasteiger partial charge is 0.125 e. The first-order chi connectivity index (χ1) is 9.13. The highest BCUT2D eigenvalue weighted by atomic mass is 19.1. The van der Waals surface area contributed by atoms with Crippen LogP contribution in [0.15, 0.2) is 18.2 Å². The first-order valence-electron chi connectivity index (χ1n) is 6.73. The van der Waals surface area contributed by atoms with Crippen LogP contribution < -0.4 is 5.73 Å². The van der Waals surface area contributed by atoms with Crippen molar-refractivity contribution in [3.63, 3.8) is 0 Å². The Morgan fingerprint density at radius 3 is 2.84 bits per heavy atom. The van der Waals surface area contributed by atoms with Crippen molar-refractivity contribution in [1.29, 1.82) is 0 Å². The summed E-state index contributed by atoms with van der Waals surface area (Å²) in [6.07, 6.45) is 4.56. The fraction of sp³-hybridized carbons (Fsp3) is 0.400. The number of rotatable bonds is 2. The summed E-state index contributed by atoms with van der Waals surface area (Å²) in [7, 11) is 0. The zero-order chi connectivity index (χ0) is 13.4. The quantitative estimate of drug-likeness (QED) is 0.843. The molecule has 4 heteroatoms. The molecule has 1 heterocycles. The minimum absolute atomic E-state index is 0.276. The summed E-state index contributed by atoms with van der Waals surface area (Å²) in [5.41, 5.74) is 9.60. The maximum atomic E-state index is 13.4. The average molecular weight is 259 g/mol. The number of benzene rings is 1. The molecule has 0 amide bonds. The van der Waals surface area contributed by atoms with Gasteiger partial charge >= 0.3 is 0 Å². The molecule has 0 spiro atoms. The molecule has 0 aliphatic heterocycles. The lowest BCUT2D eigenvalue weighted by atomic mass is 10.0. The Labute approximate surface area is 112 Å². The summed E-state index contributed by atoms with van der Waals surface area (Å²) in [5, 5.41) is 0. The van der Waals surface area contributed by atoms with E-state index in [9.17, 15) is 4.39 Å². The monoisotopic (exact) mass is 259 g/mol. The van der Waals surface area contributed by atoms with Crippen molar-refractivity contribution >= 4 is 5.69 Å². The fourth-order valence-electron chi connectivity index (χ4n) is 2.89. The fourth-order valence-corrected chi connectivity index (χ4v) is 2.89. The third kappa shape index (κ3) is 2.35. The van der Waals surface area contributed by atoms with Crippen LogP contribution in [0.1, 0.15) is 35.6 Å². The van der Waals surface area contributed by atoms with E-state index in [2.05, 4.69) is 9.55 Å². The normalized spacial score (nSPS) is 14.4. The summed E-state index contributed by atoms with van der Waals surface area (Å²) in [4.78, 5) is 4.63. The minimum Gasteiger partial charge on any atom is -0.399 e. The highest BCUT2D eigenvalue weighted by Gasteiger charge is 2.18. The number of aromatic nitrogens is 2. The number of hydrogen-bond acceptors (Lipinski definition) is 2. The van der Waals surface area contributed by atoms with Crippen LogP contribution in [-0.4, -0.2) is 9.55 Å². The van der Waals surface area contributed by atoms with Gasteiger partial charge in [0.25, 0.3) is 0 Å². The number of imidazole rings is 1. The molecule has 3 nitrogen and oxygen atoms in total.